The molecule has 5 nitrogen and oxygen atoms in total. The van der Waals surface area contributed by atoms with Gasteiger partial charge in [0.1, 0.15) is 11.6 Å². The molecule has 1 aliphatic rings. The van der Waals surface area contributed by atoms with Gasteiger partial charge in [0.25, 0.3) is 0 Å². The number of anilines is 3. The number of aromatic nitrogens is 2. The first-order chi connectivity index (χ1) is 7.58. The summed E-state index contributed by atoms with van der Waals surface area (Å²) >= 11 is 0. The Morgan fingerprint density at radius 1 is 1.31 bits per heavy atom. The van der Waals surface area contributed by atoms with E-state index in [0.717, 1.165) is 12.4 Å². The van der Waals surface area contributed by atoms with E-state index < -0.39 is 0 Å². The molecular formula is C11H19N5. The number of hydrogen-bond acceptors (Lipinski definition) is 5. The second-order valence-corrected chi connectivity index (χ2v) is 4.56. The Kier molecular flexibility index (Phi) is 2.85. The summed E-state index contributed by atoms with van der Waals surface area (Å²) in [5.41, 5.74) is 11.3. The van der Waals surface area contributed by atoms with Crippen LogP contribution in [0.2, 0.25) is 0 Å². The first-order valence-corrected chi connectivity index (χ1v) is 5.74. The molecule has 1 aliphatic heterocycles. The molecule has 0 aromatic carbocycles. The van der Waals surface area contributed by atoms with Crippen LogP contribution in [0.4, 0.5) is 17.6 Å². The monoisotopic (exact) mass is 221 g/mol. The minimum absolute atomic E-state index is 0.250. The average Bonchev–Trinajstić information content (AvgIpc) is 2.20. The molecule has 0 saturated carbocycles. The van der Waals surface area contributed by atoms with E-state index in [-0.39, 0.29) is 5.95 Å². The van der Waals surface area contributed by atoms with Crippen LogP contribution in [0.3, 0.4) is 0 Å². The van der Waals surface area contributed by atoms with E-state index >= 15 is 0 Å². The summed E-state index contributed by atoms with van der Waals surface area (Å²) in [7, 11) is 0. The van der Waals surface area contributed by atoms with Gasteiger partial charge in [0.2, 0.25) is 5.95 Å². The summed E-state index contributed by atoms with van der Waals surface area (Å²) in [5, 5.41) is 0. The minimum Gasteiger partial charge on any atom is -0.383 e. The molecule has 5 heteroatoms. The SMILES string of the molecule is CC1CCCN(c2cc(N)nc(N)n2)C1C. The lowest BCUT2D eigenvalue weighted by Crippen LogP contribution is -2.43. The molecule has 0 amide bonds. The van der Waals surface area contributed by atoms with Crippen molar-refractivity contribution >= 4 is 17.6 Å². The highest BCUT2D eigenvalue weighted by molar-refractivity contribution is 5.51. The Bertz CT molecular complexity index is 358. The second-order valence-electron chi connectivity index (χ2n) is 4.56. The van der Waals surface area contributed by atoms with Gasteiger partial charge in [-0.25, -0.2) is 0 Å². The fourth-order valence-corrected chi connectivity index (χ4v) is 2.28. The van der Waals surface area contributed by atoms with Crippen molar-refractivity contribution in [1.29, 1.82) is 0 Å². The third-order valence-electron chi connectivity index (χ3n) is 3.42. The molecule has 1 saturated heterocycles. The van der Waals surface area contributed by atoms with Crippen molar-refractivity contribution in [2.45, 2.75) is 32.7 Å². The summed E-state index contributed by atoms with van der Waals surface area (Å²) in [5.74, 6) is 2.21. The van der Waals surface area contributed by atoms with E-state index in [1.165, 1.54) is 12.8 Å². The van der Waals surface area contributed by atoms with Gasteiger partial charge in [-0.15, -0.1) is 0 Å². The van der Waals surface area contributed by atoms with Crippen LogP contribution in [0.5, 0.6) is 0 Å². The Hall–Kier alpha value is -1.52. The van der Waals surface area contributed by atoms with Crippen molar-refractivity contribution in [3.8, 4) is 0 Å². The van der Waals surface area contributed by atoms with Crippen molar-refractivity contribution < 1.29 is 0 Å². The topological polar surface area (TPSA) is 81.1 Å². The molecule has 16 heavy (non-hydrogen) atoms. The van der Waals surface area contributed by atoms with Gasteiger partial charge in [0.15, 0.2) is 0 Å². The molecule has 2 heterocycles. The van der Waals surface area contributed by atoms with Crippen molar-refractivity contribution in [3.63, 3.8) is 0 Å². The standard InChI is InChI=1S/C11H19N5/c1-7-4-3-5-16(8(7)2)10-6-9(12)14-11(13)15-10/h6-8H,3-5H2,1-2H3,(H4,12,13,14,15). The Labute approximate surface area is 95.9 Å². The highest BCUT2D eigenvalue weighted by Crippen LogP contribution is 2.27. The van der Waals surface area contributed by atoms with Gasteiger partial charge in [-0.3, -0.25) is 0 Å². The van der Waals surface area contributed by atoms with E-state index in [4.69, 9.17) is 11.5 Å². The van der Waals surface area contributed by atoms with E-state index in [2.05, 4.69) is 28.7 Å². The molecule has 1 aromatic heterocycles. The van der Waals surface area contributed by atoms with Gasteiger partial charge in [0, 0.05) is 18.7 Å². The van der Waals surface area contributed by atoms with Crippen LogP contribution >= 0.6 is 0 Å². The molecule has 0 aliphatic carbocycles. The Morgan fingerprint density at radius 2 is 2.06 bits per heavy atom. The second kappa shape index (κ2) is 4.15. The van der Waals surface area contributed by atoms with E-state index in [0.29, 0.717) is 17.8 Å². The molecular weight excluding hydrogens is 202 g/mol. The molecule has 0 spiro atoms. The lowest BCUT2D eigenvalue weighted by atomic mass is 9.92. The first kappa shape index (κ1) is 11.0. The van der Waals surface area contributed by atoms with Gasteiger partial charge in [-0.1, -0.05) is 6.92 Å². The van der Waals surface area contributed by atoms with E-state index in [9.17, 15) is 0 Å². The third kappa shape index (κ3) is 2.03. The summed E-state index contributed by atoms with van der Waals surface area (Å²) in [4.78, 5) is 10.4. The summed E-state index contributed by atoms with van der Waals surface area (Å²) in [6.07, 6.45) is 2.46. The zero-order valence-corrected chi connectivity index (χ0v) is 9.85. The lowest BCUT2D eigenvalue weighted by Gasteiger charge is -2.38. The summed E-state index contributed by atoms with van der Waals surface area (Å²) in [6.45, 7) is 5.50. The molecule has 88 valence electrons. The largest absolute Gasteiger partial charge is 0.383 e. The van der Waals surface area contributed by atoms with Gasteiger partial charge in [-0.05, 0) is 25.7 Å². The van der Waals surface area contributed by atoms with Crippen LogP contribution < -0.4 is 16.4 Å². The minimum atomic E-state index is 0.250. The zero-order chi connectivity index (χ0) is 11.7. The van der Waals surface area contributed by atoms with Crippen LogP contribution in [-0.4, -0.2) is 22.6 Å². The smallest absolute Gasteiger partial charge is 0.223 e. The van der Waals surface area contributed by atoms with Crippen LogP contribution in [0, 0.1) is 5.92 Å². The lowest BCUT2D eigenvalue weighted by molar-refractivity contribution is 0.361. The molecule has 0 radical (unpaired) electrons. The van der Waals surface area contributed by atoms with Gasteiger partial charge < -0.3 is 16.4 Å². The van der Waals surface area contributed by atoms with Crippen molar-refractivity contribution in [3.05, 3.63) is 6.07 Å². The molecule has 4 N–H and O–H groups in total. The zero-order valence-electron chi connectivity index (χ0n) is 9.85. The maximum Gasteiger partial charge on any atom is 0.223 e. The predicted molar refractivity (Wildman–Crippen MR) is 66.1 cm³/mol. The number of rotatable bonds is 1. The molecule has 0 bridgehead atoms. The number of piperidine rings is 1. The van der Waals surface area contributed by atoms with Gasteiger partial charge in [0.05, 0.1) is 0 Å². The number of nitrogen functional groups attached to an aromatic ring is 2. The molecule has 1 fully saturated rings. The maximum absolute atomic E-state index is 5.69. The van der Waals surface area contributed by atoms with Crippen LogP contribution in [0.15, 0.2) is 6.07 Å². The predicted octanol–water partition coefficient (Wildman–Crippen LogP) is 1.27. The Morgan fingerprint density at radius 3 is 2.75 bits per heavy atom. The maximum atomic E-state index is 5.69. The normalized spacial score (nSPS) is 25.8. The van der Waals surface area contributed by atoms with Crippen molar-refractivity contribution in [2.24, 2.45) is 5.92 Å². The van der Waals surface area contributed by atoms with Crippen LogP contribution in [0.1, 0.15) is 26.7 Å². The van der Waals surface area contributed by atoms with E-state index in [1.54, 1.807) is 6.07 Å². The van der Waals surface area contributed by atoms with E-state index in [1.807, 2.05) is 0 Å². The van der Waals surface area contributed by atoms with Gasteiger partial charge in [-0.2, -0.15) is 9.97 Å². The number of nitrogens with zero attached hydrogens (tertiary/aromatic N) is 3. The highest BCUT2D eigenvalue weighted by Gasteiger charge is 2.25. The first-order valence-electron chi connectivity index (χ1n) is 5.74. The fraction of sp³-hybridized carbons (Fsp3) is 0.636. The van der Waals surface area contributed by atoms with Crippen LogP contribution in [0.25, 0.3) is 0 Å². The molecule has 2 unspecified atom stereocenters. The molecule has 1 aromatic rings. The number of hydrogen-bond donors (Lipinski definition) is 2. The third-order valence-corrected chi connectivity index (χ3v) is 3.42. The van der Waals surface area contributed by atoms with Crippen molar-refractivity contribution in [2.75, 3.05) is 22.9 Å². The van der Waals surface area contributed by atoms with Crippen LogP contribution in [-0.2, 0) is 0 Å². The average molecular weight is 221 g/mol. The highest BCUT2D eigenvalue weighted by atomic mass is 15.2. The number of nitrogens with two attached hydrogens (primary N) is 2. The molecule has 2 atom stereocenters. The fourth-order valence-electron chi connectivity index (χ4n) is 2.28. The van der Waals surface area contributed by atoms with Gasteiger partial charge >= 0.3 is 0 Å². The summed E-state index contributed by atoms with van der Waals surface area (Å²) < 4.78 is 0. The van der Waals surface area contributed by atoms with Crippen molar-refractivity contribution in [1.82, 2.24) is 9.97 Å². The summed E-state index contributed by atoms with van der Waals surface area (Å²) in [6, 6.07) is 2.27. The Balaban J connectivity index is 2.28. The quantitative estimate of drug-likeness (QED) is 0.746. The molecule has 2 rings (SSSR count).